The first kappa shape index (κ1) is 59.4. The van der Waals surface area contributed by atoms with Crippen molar-refractivity contribution in [2.75, 3.05) is 26.4 Å². The van der Waals surface area contributed by atoms with Crippen molar-refractivity contribution in [3.63, 3.8) is 0 Å². The maximum absolute atomic E-state index is 12.4. The number of hydrogen-bond donors (Lipinski definition) is 13. The van der Waals surface area contributed by atoms with Gasteiger partial charge in [-0.05, 0) is 110 Å². The van der Waals surface area contributed by atoms with E-state index in [0.717, 1.165) is 17.4 Å². The van der Waals surface area contributed by atoms with E-state index >= 15 is 0 Å². The zero-order valence-electron chi connectivity index (χ0n) is 40.8. The Balaban J connectivity index is 1.49. The second-order valence-electron chi connectivity index (χ2n) is 20.2. The SMILES string of the molecule is C/C(C=O)=C1\CC[C@](C)(O)C(C)(CC/C=C(\C)C(C/C=C(\C)CCC(=O)C(C)(C)O)O[C@@H]2O[C@H](CO)[C@@H](O)[C@@H](O)[C@H]2O)C1CCCO[C@H]1O[C@H](CO[C@H]2O[C@H](CO)[C@@H](O)[C@@H](O)[C@H]2O)[C@@H](O)[C@@H](O)[C@H]1O. The fourth-order valence-corrected chi connectivity index (χ4v) is 9.60. The molecule has 0 amide bonds. The van der Waals surface area contributed by atoms with E-state index in [0.29, 0.717) is 56.1 Å². The van der Waals surface area contributed by atoms with E-state index in [1.54, 1.807) is 20.8 Å². The maximum Gasteiger partial charge on any atom is 0.187 e. The van der Waals surface area contributed by atoms with Crippen LogP contribution in [0, 0.1) is 11.3 Å². The summed E-state index contributed by atoms with van der Waals surface area (Å²) < 4.78 is 34.5. The fourth-order valence-electron chi connectivity index (χ4n) is 9.60. The largest absolute Gasteiger partial charge is 0.394 e. The third-order valence-corrected chi connectivity index (χ3v) is 14.7. The molecule has 1 aliphatic carbocycles. The first-order valence-electron chi connectivity index (χ1n) is 23.9. The van der Waals surface area contributed by atoms with E-state index in [9.17, 15) is 76.0 Å². The predicted molar refractivity (Wildman–Crippen MR) is 242 cm³/mol. The number of aldehydes is 1. The molecule has 3 unspecified atom stereocenters. The van der Waals surface area contributed by atoms with Crippen molar-refractivity contribution in [2.45, 2.75) is 216 Å². The molecule has 1 saturated carbocycles. The lowest BCUT2D eigenvalue weighted by Crippen LogP contribution is -2.61. The Hall–Kier alpha value is -2.20. The van der Waals surface area contributed by atoms with Gasteiger partial charge in [-0.15, -0.1) is 0 Å². The van der Waals surface area contributed by atoms with Crippen LogP contribution in [-0.2, 0) is 38.0 Å². The second kappa shape index (κ2) is 25.6. The molecule has 21 nitrogen and oxygen atoms in total. The number of allylic oxidation sites excluding steroid dienone is 4. The molecule has 13 N–H and O–H groups in total. The van der Waals surface area contributed by atoms with Crippen LogP contribution in [0.1, 0.15) is 106 Å². The summed E-state index contributed by atoms with van der Waals surface area (Å²) in [6, 6.07) is 0. The van der Waals surface area contributed by atoms with Gasteiger partial charge in [0.15, 0.2) is 24.7 Å². The monoisotopic (exact) mass is 993 g/mol. The molecule has 19 atom stereocenters. The number of carbonyl (C=O) groups excluding carboxylic acids is 2. The molecule has 3 aliphatic heterocycles. The molecule has 0 spiro atoms. The number of hydrogen-bond acceptors (Lipinski definition) is 21. The van der Waals surface area contributed by atoms with Crippen LogP contribution >= 0.6 is 0 Å². The van der Waals surface area contributed by atoms with Crippen molar-refractivity contribution in [1.82, 2.24) is 0 Å². The molecule has 21 heteroatoms. The van der Waals surface area contributed by atoms with Crippen molar-refractivity contribution in [2.24, 2.45) is 11.3 Å². The smallest absolute Gasteiger partial charge is 0.187 e. The standard InChI is InChI=1S/C48H80O21/c1-24(13-15-33(52)46(4,5)62)12-14-29(66-45-42(61)38(57)35(54)31(22-51)68-45)25(2)10-8-17-47(6)28(27(26(3)20-49)16-18-48(47,7)63)11-9-19-64-43-40(59)39(58)36(55)32(69-43)23-65-44-41(60)37(56)34(53)30(21-50)67-44/h10,12,20,28-32,34-45,50-51,53-63H,8-9,11,13-19,21-23H2,1-7H3/b24-12+,25-10+,27-26-/t28?,29?,30-,31-,32-,34-,35-,36-,37-,38-,39-,40-,41-,42-,43+,44+,45-,47?,48+/m1/s1. The van der Waals surface area contributed by atoms with E-state index < -0.39 is 135 Å². The second-order valence-corrected chi connectivity index (χ2v) is 20.2. The van der Waals surface area contributed by atoms with Gasteiger partial charge in [0.2, 0.25) is 0 Å². The van der Waals surface area contributed by atoms with Crippen molar-refractivity contribution in [1.29, 1.82) is 0 Å². The molecule has 0 aromatic carbocycles. The zero-order chi connectivity index (χ0) is 51.8. The number of Topliss-reactive ketones (excluding diaryl/α,β-unsaturated/α-hetero) is 1. The number of ketones is 1. The lowest BCUT2D eigenvalue weighted by Gasteiger charge is -2.53. The molecule has 69 heavy (non-hydrogen) atoms. The zero-order valence-corrected chi connectivity index (χ0v) is 40.8. The van der Waals surface area contributed by atoms with Gasteiger partial charge >= 0.3 is 0 Å². The van der Waals surface area contributed by atoms with Crippen LogP contribution in [-0.4, -0.2) is 214 Å². The quantitative estimate of drug-likeness (QED) is 0.0239. The highest BCUT2D eigenvalue weighted by Crippen LogP contribution is 2.55. The van der Waals surface area contributed by atoms with Gasteiger partial charge in [-0.2, -0.15) is 0 Å². The summed E-state index contributed by atoms with van der Waals surface area (Å²) in [6.07, 6.45) is -16.6. The number of aliphatic hydroxyl groups is 13. The first-order chi connectivity index (χ1) is 32.2. The first-order valence-corrected chi connectivity index (χ1v) is 23.9. The Bertz CT molecular complexity index is 1740. The molecule has 0 bridgehead atoms. The molecule has 4 aliphatic rings. The van der Waals surface area contributed by atoms with Crippen molar-refractivity contribution < 1.29 is 104 Å². The van der Waals surface area contributed by atoms with Gasteiger partial charge in [0, 0.05) is 18.4 Å². The number of aliphatic hydroxyl groups excluding tert-OH is 11. The van der Waals surface area contributed by atoms with Gasteiger partial charge in [0.1, 0.15) is 85.1 Å². The lowest BCUT2D eigenvalue weighted by molar-refractivity contribution is -0.331. The molecule has 3 heterocycles. The van der Waals surface area contributed by atoms with E-state index in [1.807, 2.05) is 26.0 Å². The van der Waals surface area contributed by atoms with E-state index in [1.165, 1.54) is 13.8 Å². The van der Waals surface area contributed by atoms with E-state index in [2.05, 4.69) is 0 Å². The molecule has 0 aromatic heterocycles. The Kier molecular flexibility index (Phi) is 22.1. The highest BCUT2D eigenvalue weighted by Gasteiger charge is 2.53. The van der Waals surface area contributed by atoms with Crippen LogP contribution in [0.15, 0.2) is 34.4 Å². The number of rotatable bonds is 23. The van der Waals surface area contributed by atoms with Gasteiger partial charge in [0.05, 0.1) is 31.5 Å². The summed E-state index contributed by atoms with van der Waals surface area (Å²) in [5.41, 5.74) is -0.653. The summed E-state index contributed by atoms with van der Waals surface area (Å²) in [6.45, 7) is 9.99. The highest BCUT2D eigenvalue weighted by atomic mass is 16.7. The Morgan fingerprint density at radius 1 is 0.754 bits per heavy atom. The molecule has 4 rings (SSSR count). The fraction of sp³-hybridized carbons (Fsp3) is 0.833. The van der Waals surface area contributed by atoms with Gasteiger partial charge in [0.25, 0.3) is 0 Å². The molecule has 398 valence electrons. The van der Waals surface area contributed by atoms with Crippen LogP contribution in [0.2, 0.25) is 0 Å². The minimum atomic E-state index is -1.75. The normalized spacial score (nSPS) is 40.6. The third-order valence-electron chi connectivity index (χ3n) is 14.7. The average Bonchev–Trinajstić information content (AvgIpc) is 3.30. The number of carbonyl (C=O) groups is 2. The summed E-state index contributed by atoms with van der Waals surface area (Å²) in [4.78, 5) is 24.7. The summed E-state index contributed by atoms with van der Waals surface area (Å²) >= 11 is 0. The topological polar surface area (TPSA) is 353 Å². The molecule has 3 saturated heterocycles. The Morgan fingerprint density at radius 3 is 1.83 bits per heavy atom. The van der Waals surface area contributed by atoms with Crippen LogP contribution in [0.3, 0.4) is 0 Å². The molecule has 0 aromatic rings. The Labute approximate surface area is 403 Å². The van der Waals surface area contributed by atoms with E-state index in [-0.39, 0.29) is 31.1 Å². The van der Waals surface area contributed by atoms with Crippen LogP contribution in [0.4, 0.5) is 0 Å². The predicted octanol–water partition coefficient (Wildman–Crippen LogP) is -1.54. The van der Waals surface area contributed by atoms with Gasteiger partial charge in [-0.1, -0.05) is 30.2 Å². The van der Waals surface area contributed by atoms with Gasteiger partial charge in [-0.3, -0.25) is 9.59 Å². The molecular formula is C48H80O21. The van der Waals surface area contributed by atoms with Crippen molar-refractivity contribution in [3.8, 4) is 0 Å². The molecular weight excluding hydrogens is 913 g/mol. The minimum absolute atomic E-state index is 0.0399. The molecule has 0 radical (unpaired) electrons. The lowest BCUT2D eigenvalue weighted by atomic mass is 9.54. The Morgan fingerprint density at radius 2 is 1.28 bits per heavy atom. The summed E-state index contributed by atoms with van der Waals surface area (Å²) in [5.74, 6) is -0.682. The van der Waals surface area contributed by atoms with Crippen molar-refractivity contribution >= 4 is 12.1 Å². The molecule has 4 fully saturated rings. The van der Waals surface area contributed by atoms with Gasteiger partial charge in [-0.25, -0.2) is 0 Å². The van der Waals surface area contributed by atoms with Crippen LogP contribution < -0.4 is 0 Å². The van der Waals surface area contributed by atoms with Crippen LogP contribution in [0.25, 0.3) is 0 Å². The minimum Gasteiger partial charge on any atom is -0.394 e. The van der Waals surface area contributed by atoms with E-state index in [4.69, 9.17) is 28.4 Å². The third kappa shape index (κ3) is 14.5. The number of ether oxygens (including phenoxy) is 6. The average molecular weight is 993 g/mol. The maximum atomic E-state index is 12.4. The van der Waals surface area contributed by atoms with Gasteiger partial charge < -0.3 is 94.8 Å². The highest BCUT2D eigenvalue weighted by molar-refractivity contribution is 5.86. The summed E-state index contributed by atoms with van der Waals surface area (Å²) in [7, 11) is 0. The van der Waals surface area contributed by atoms with Crippen LogP contribution in [0.5, 0.6) is 0 Å². The van der Waals surface area contributed by atoms with Crippen molar-refractivity contribution in [3.05, 3.63) is 34.4 Å². The summed E-state index contributed by atoms with van der Waals surface area (Å²) in [5, 5.41) is 136.